The summed E-state index contributed by atoms with van der Waals surface area (Å²) in [6, 6.07) is -0.0711. The largest absolute Gasteiger partial charge is 0.440 e. The number of carbonyl (C=O) groups excluding carboxylic acids is 1. The summed E-state index contributed by atoms with van der Waals surface area (Å²) in [5.41, 5.74) is 0. The van der Waals surface area contributed by atoms with Crippen LogP contribution in [-0.2, 0) is 4.74 Å². The lowest BCUT2D eigenvalue weighted by atomic mass is 9.84. The normalized spacial score (nSPS) is 32.3. The number of carbonyl (C=O) groups is 1. The van der Waals surface area contributed by atoms with Gasteiger partial charge in [-0.1, -0.05) is 0 Å². The molecule has 0 saturated carbocycles. The molecule has 0 radical (unpaired) electrons. The molecule has 3 saturated heterocycles. The number of hydrogen-bond donors (Lipinski definition) is 1. The summed E-state index contributed by atoms with van der Waals surface area (Å²) in [5.74, 6) is 0.374. The van der Waals surface area contributed by atoms with Crippen LogP contribution in [-0.4, -0.2) is 49.5 Å². The van der Waals surface area contributed by atoms with Gasteiger partial charge in [0.05, 0.1) is 0 Å². The zero-order valence-corrected chi connectivity index (χ0v) is 9.29. The van der Waals surface area contributed by atoms with Crippen LogP contribution in [0.4, 0.5) is 18.0 Å². The maximum Gasteiger partial charge on any atom is 0.422 e. The number of nitrogens with one attached hydrogen (secondary N) is 1. The van der Waals surface area contributed by atoms with Crippen molar-refractivity contribution in [3.63, 3.8) is 0 Å². The van der Waals surface area contributed by atoms with Crippen molar-refractivity contribution in [1.82, 2.24) is 10.2 Å². The van der Waals surface area contributed by atoms with Crippen molar-refractivity contribution >= 4 is 6.09 Å². The summed E-state index contributed by atoms with van der Waals surface area (Å²) in [6.07, 6.45) is -3.46. The van der Waals surface area contributed by atoms with E-state index in [2.05, 4.69) is 15.0 Å². The van der Waals surface area contributed by atoms with Gasteiger partial charge < -0.3 is 15.0 Å². The fourth-order valence-electron chi connectivity index (χ4n) is 2.47. The van der Waals surface area contributed by atoms with Crippen LogP contribution >= 0.6 is 0 Å². The monoisotopic (exact) mass is 252 g/mol. The van der Waals surface area contributed by atoms with Gasteiger partial charge in [0.15, 0.2) is 6.61 Å². The first-order valence-electron chi connectivity index (χ1n) is 5.66. The average Bonchev–Trinajstić information content (AvgIpc) is 2.27. The van der Waals surface area contributed by atoms with E-state index in [9.17, 15) is 18.0 Å². The van der Waals surface area contributed by atoms with E-state index in [-0.39, 0.29) is 6.04 Å². The molecule has 4 nitrogen and oxygen atoms in total. The van der Waals surface area contributed by atoms with Crippen LogP contribution in [0.2, 0.25) is 0 Å². The highest BCUT2D eigenvalue weighted by molar-refractivity contribution is 5.67. The van der Waals surface area contributed by atoms with E-state index >= 15 is 0 Å². The molecule has 1 amide bonds. The minimum atomic E-state index is -4.47. The molecule has 98 valence electrons. The first kappa shape index (κ1) is 12.5. The lowest BCUT2D eigenvalue weighted by Gasteiger charge is -2.44. The Morgan fingerprint density at radius 2 is 2.00 bits per heavy atom. The Balaban J connectivity index is 1.75. The van der Waals surface area contributed by atoms with Crippen molar-refractivity contribution in [2.45, 2.75) is 25.1 Å². The molecule has 2 bridgehead atoms. The first-order chi connectivity index (χ1) is 7.94. The van der Waals surface area contributed by atoms with Crippen molar-refractivity contribution in [2.24, 2.45) is 5.92 Å². The molecular formula is C10H15F3N2O2. The lowest BCUT2D eigenvalue weighted by Crippen LogP contribution is -2.57. The summed E-state index contributed by atoms with van der Waals surface area (Å²) in [4.78, 5) is 13.4. The molecule has 1 N–H and O–H groups in total. The van der Waals surface area contributed by atoms with Gasteiger partial charge in [-0.05, 0) is 31.8 Å². The summed E-state index contributed by atoms with van der Waals surface area (Å²) in [7, 11) is 0. The van der Waals surface area contributed by atoms with E-state index in [0.29, 0.717) is 12.5 Å². The highest BCUT2D eigenvalue weighted by Gasteiger charge is 2.36. The fourth-order valence-corrected chi connectivity index (χ4v) is 2.47. The van der Waals surface area contributed by atoms with E-state index in [1.165, 1.54) is 0 Å². The third-order valence-electron chi connectivity index (χ3n) is 3.33. The maximum absolute atomic E-state index is 11.8. The molecule has 3 heterocycles. The van der Waals surface area contributed by atoms with Crippen LogP contribution in [0.1, 0.15) is 12.8 Å². The van der Waals surface area contributed by atoms with Crippen LogP contribution in [0.3, 0.4) is 0 Å². The number of alkyl halides is 3. The smallest absolute Gasteiger partial charge is 0.422 e. The van der Waals surface area contributed by atoms with Crippen LogP contribution in [0.5, 0.6) is 0 Å². The quantitative estimate of drug-likeness (QED) is 0.807. The second kappa shape index (κ2) is 4.72. The van der Waals surface area contributed by atoms with Crippen molar-refractivity contribution in [1.29, 1.82) is 0 Å². The van der Waals surface area contributed by atoms with Gasteiger partial charge in [-0.2, -0.15) is 13.2 Å². The minimum Gasteiger partial charge on any atom is -0.440 e. The molecule has 7 heteroatoms. The molecule has 3 fully saturated rings. The molecule has 3 aliphatic rings. The van der Waals surface area contributed by atoms with Gasteiger partial charge in [-0.15, -0.1) is 0 Å². The molecule has 0 spiro atoms. The van der Waals surface area contributed by atoms with Crippen LogP contribution in [0.25, 0.3) is 0 Å². The van der Waals surface area contributed by atoms with Crippen LogP contribution in [0, 0.1) is 5.92 Å². The van der Waals surface area contributed by atoms with E-state index in [1.807, 2.05) is 0 Å². The van der Waals surface area contributed by atoms with Gasteiger partial charge in [0.25, 0.3) is 0 Å². The van der Waals surface area contributed by atoms with Crippen molar-refractivity contribution in [3.8, 4) is 0 Å². The SMILES string of the molecule is O=C(NC1CN2CCC1CC2)OCC(F)(F)F. The molecule has 1 unspecified atom stereocenters. The summed E-state index contributed by atoms with van der Waals surface area (Å²) in [5, 5.41) is 2.52. The summed E-state index contributed by atoms with van der Waals surface area (Å²) >= 11 is 0. The summed E-state index contributed by atoms with van der Waals surface area (Å²) in [6.45, 7) is 1.21. The summed E-state index contributed by atoms with van der Waals surface area (Å²) < 4.78 is 39.6. The molecule has 3 aliphatic heterocycles. The standard InChI is InChI=1S/C10H15F3N2O2/c11-10(12,13)6-17-9(16)14-8-5-15-3-1-7(8)2-4-15/h7-8H,1-6H2,(H,14,16). The topological polar surface area (TPSA) is 41.6 Å². The number of rotatable bonds is 2. The van der Waals surface area contributed by atoms with Gasteiger partial charge in [0.2, 0.25) is 0 Å². The van der Waals surface area contributed by atoms with Gasteiger partial charge in [0, 0.05) is 12.6 Å². The van der Waals surface area contributed by atoms with Crippen molar-refractivity contribution < 1.29 is 22.7 Å². The molecule has 0 aromatic heterocycles. The van der Waals surface area contributed by atoms with E-state index in [1.54, 1.807) is 0 Å². The third-order valence-corrected chi connectivity index (χ3v) is 3.33. The van der Waals surface area contributed by atoms with Gasteiger partial charge in [0.1, 0.15) is 0 Å². The van der Waals surface area contributed by atoms with Crippen molar-refractivity contribution in [3.05, 3.63) is 0 Å². The number of piperidine rings is 3. The molecular weight excluding hydrogens is 237 g/mol. The number of amides is 1. The Hall–Kier alpha value is -0.980. The fraction of sp³-hybridized carbons (Fsp3) is 0.900. The lowest BCUT2D eigenvalue weighted by molar-refractivity contribution is -0.160. The zero-order chi connectivity index (χ0) is 12.5. The number of ether oxygens (including phenoxy) is 1. The Kier molecular flexibility index (Phi) is 3.46. The Labute approximate surface area is 97.1 Å². The van der Waals surface area contributed by atoms with Gasteiger partial charge in [-0.3, -0.25) is 0 Å². The third kappa shape index (κ3) is 3.49. The Bertz CT molecular complexity index is 288. The highest BCUT2D eigenvalue weighted by atomic mass is 19.4. The Morgan fingerprint density at radius 1 is 1.35 bits per heavy atom. The Morgan fingerprint density at radius 3 is 2.47 bits per heavy atom. The predicted molar refractivity (Wildman–Crippen MR) is 53.5 cm³/mol. The second-order valence-electron chi connectivity index (χ2n) is 4.58. The minimum absolute atomic E-state index is 0.0711. The number of halogens is 3. The van der Waals surface area contributed by atoms with Gasteiger partial charge >= 0.3 is 12.3 Å². The number of nitrogens with zero attached hydrogens (tertiary/aromatic N) is 1. The maximum atomic E-state index is 11.8. The number of alkyl carbamates (subject to hydrolysis) is 1. The first-order valence-corrected chi connectivity index (χ1v) is 5.66. The van der Waals surface area contributed by atoms with E-state index < -0.39 is 18.9 Å². The van der Waals surface area contributed by atoms with Crippen molar-refractivity contribution in [2.75, 3.05) is 26.2 Å². The average molecular weight is 252 g/mol. The van der Waals surface area contributed by atoms with E-state index in [0.717, 1.165) is 25.9 Å². The number of hydrogen-bond acceptors (Lipinski definition) is 3. The molecule has 0 aromatic carbocycles. The molecule has 0 aliphatic carbocycles. The van der Waals surface area contributed by atoms with Crippen LogP contribution in [0.15, 0.2) is 0 Å². The second-order valence-corrected chi connectivity index (χ2v) is 4.58. The van der Waals surface area contributed by atoms with Crippen LogP contribution < -0.4 is 5.32 Å². The van der Waals surface area contributed by atoms with Gasteiger partial charge in [-0.25, -0.2) is 4.79 Å². The van der Waals surface area contributed by atoms with E-state index in [4.69, 9.17) is 0 Å². The molecule has 17 heavy (non-hydrogen) atoms. The molecule has 1 atom stereocenters. The predicted octanol–water partition coefficient (Wildman–Crippen LogP) is 1.37. The highest BCUT2D eigenvalue weighted by Crippen LogP contribution is 2.27. The molecule has 0 aromatic rings. The number of fused-ring (bicyclic) bond motifs is 3. The molecule has 3 rings (SSSR count). The zero-order valence-electron chi connectivity index (χ0n) is 9.29.